The van der Waals surface area contributed by atoms with E-state index >= 15 is 0 Å². The fourth-order valence-corrected chi connectivity index (χ4v) is 1.62. The van der Waals surface area contributed by atoms with E-state index in [1.807, 2.05) is 0 Å². The van der Waals surface area contributed by atoms with E-state index in [0.29, 0.717) is 5.56 Å². The Morgan fingerprint density at radius 2 is 1.93 bits per heavy atom. The summed E-state index contributed by atoms with van der Waals surface area (Å²) in [5, 5.41) is 8.60. The summed E-state index contributed by atoms with van der Waals surface area (Å²) in [4.78, 5) is 10.0. The van der Waals surface area contributed by atoms with Crippen LogP contribution >= 0.6 is 0 Å². The largest absolute Gasteiger partial charge is 0.744 e. The minimum atomic E-state index is -4.59. The molecule has 1 N–H and O–H groups in total. The highest BCUT2D eigenvalue weighted by atomic mass is 32.2. The highest BCUT2D eigenvalue weighted by Gasteiger charge is 2.08. The molecule has 1 aromatic rings. The first kappa shape index (κ1) is 10.7. The molecule has 0 fully saturated rings. The molecule has 0 aliphatic heterocycles. The number of hydrogen-bond acceptors (Lipinski definition) is 4. The molecular weight excluding hydrogens is 208 g/mol. The van der Waals surface area contributed by atoms with Crippen molar-refractivity contribution in [2.24, 2.45) is 0 Å². The number of aryl methyl sites for hydroxylation is 1. The van der Waals surface area contributed by atoms with Crippen LogP contribution in [0.4, 0.5) is 0 Å². The Morgan fingerprint density at radius 1 is 1.36 bits per heavy atom. The summed E-state index contributed by atoms with van der Waals surface area (Å²) in [6, 6.07) is 3.27. The van der Waals surface area contributed by atoms with Gasteiger partial charge in [-0.2, -0.15) is 0 Å². The highest BCUT2D eigenvalue weighted by Crippen LogP contribution is 2.14. The summed E-state index contributed by atoms with van der Waals surface area (Å²) in [6.07, 6.45) is 0. The molecule has 0 amide bonds. The Bertz CT molecular complexity index is 475. The van der Waals surface area contributed by atoms with Crippen LogP contribution in [0.25, 0.3) is 0 Å². The van der Waals surface area contributed by atoms with Gasteiger partial charge in [-0.25, -0.2) is 13.2 Å². The van der Waals surface area contributed by atoms with Gasteiger partial charge in [0.15, 0.2) is 0 Å². The maximum absolute atomic E-state index is 10.6. The van der Waals surface area contributed by atoms with Crippen molar-refractivity contribution in [1.82, 2.24) is 0 Å². The Kier molecular flexibility index (Phi) is 2.59. The van der Waals surface area contributed by atoms with Gasteiger partial charge in [-0.05, 0) is 30.7 Å². The number of carboxylic acid groups (broad SMARTS) is 1. The maximum Gasteiger partial charge on any atom is 0.335 e. The maximum atomic E-state index is 10.6. The van der Waals surface area contributed by atoms with E-state index in [4.69, 9.17) is 5.11 Å². The molecule has 1 rings (SSSR count). The van der Waals surface area contributed by atoms with Crippen LogP contribution in [0, 0.1) is 6.92 Å². The van der Waals surface area contributed by atoms with Gasteiger partial charge in [-0.3, -0.25) is 0 Å². The van der Waals surface area contributed by atoms with E-state index in [1.165, 1.54) is 13.0 Å². The molecule has 14 heavy (non-hydrogen) atoms. The summed E-state index contributed by atoms with van der Waals surface area (Å²) < 4.78 is 31.8. The minimum Gasteiger partial charge on any atom is -0.744 e. The van der Waals surface area contributed by atoms with Crippen LogP contribution in [-0.4, -0.2) is 24.0 Å². The van der Waals surface area contributed by atoms with Crippen LogP contribution in [0.15, 0.2) is 23.1 Å². The molecule has 0 spiro atoms. The van der Waals surface area contributed by atoms with Gasteiger partial charge in [-0.15, -0.1) is 0 Å². The van der Waals surface area contributed by atoms with Crippen LogP contribution in [0.5, 0.6) is 0 Å². The lowest BCUT2D eigenvalue weighted by atomic mass is 10.1. The van der Waals surface area contributed by atoms with Gasteiger partial charge < -0.3 is 9.66 Å². The van der Waals surface area contributed by atoms with Gasteiger partial charge in [0.25, 0.3) is 0 Å². The molecule has 0 saturated carbocycles. The second-order valence-corrected chi connectivity index (χ2v) is 4.17. The van der Waals surface area contributed by atoms with Gasteiger partial charge in [-0.1, -0.05) is 0 Å². The van der Waals surface area contributed by atoms with Gasteiger partial charge in [0.05, 0.1) is 10.5 Å². The molecule has 0 unspecified atom stereocenters. The van der Waals surface area contributed by atoms with Crippen molar-refractivity contribution in [2.45, 2.75) is 11.8 Å². The number of carboxylic acids is 1. The first-order chi connectivity index (χ1) is 6.30. The fraction of sp³-hybridized carbons (Fsp3) is 0.125. The molecule has 1 aromatic carbocycles. The summed E-state index contributed by atoms with van der Waals surface area (Å²) >= 11 is 0. The topological polar surface area (TPSA) is 94.5 Å². The molecule has 0 aromatic heterocycles. The number of carbonyl (C=O) groups is 1. The lowest BCUT2D eigenvalue weighted by molar-refractivity contribution is 0.0696. The zero-order valence-electron chi connectivity index (χ0n) is 7.22. The number of rotatable bonds is 2. The quantitative estimate of drug-likeness (QED) is 0.729. The van der Waals surface area contributed by atoms with Crippen molar-refractivity contribution < 1.29 is 22.9 Å². The number of benzene rings is 1. The van der Waals surface area contributed by atoms with Crippen molar-refractivity contribution in [1.29, 1.82) is 0 Å². The van der Waals surface area contributed by atoms with E-state index in [2.05, 4.69) is 0 Å². The predicted molar refractivity (Wildman–Crippen MR) is 46.1 cm³/mol. The van der Waals surface area contributed by atoms with E-state index in [1.54, 1.807) is 0 Å². The zero-order chi connectivity index (χ0) is 10.9. The minimum absolute atomic E-state index is 0.209. The van der Waals surface area contributed by atoms with Gasteiger partial charge in [0.1, 0.15) is 10.1 Å². The van der Waals surface area contributed by atoms with E-state index in [9.17, 15) is 17.8 Å². The van der Waals surface area contributed by atoms with Crippen LogP contribution in [0.1, 0.15) is 15.9 Å². The third kappa shape index (κ3) is 2.30. The normalized spacial score (nSPS) is 11.3. The Hall–Kier alpha value is -1.40. The Balaban J connectivity index is 3.43. The molecule has 0 aliphatic carbocycles. The molecule has 6 heteroatoms. The van der Waals surface area contributed by atoms with Crippen LogP contribution in [0.2, 0.25) is 0 Å². The molecule has 0 aliphatic rings. The van der Waals surface area contributed by atoms with E-state index in [0.717, 1.165) is 12.1 Å². The average Bonchev–Trinajstić information content (AvgIpc) is 2.01. The summed E-state index contributed by atoms with van der Waals surface area (Å²) in [7, 11) is -4.59. The molecule has 0 heterocycles. The molecule has 76 valence electrons. The molecule has 5 nitrogen and oxygen atoms in total. The first-order valence-corrected chi connectivity index (χ1v) is 5.02. The second-order valence-electron chi connectivity index (χ2n) is 2.79. The van der Waals surface area contributed by atoms with Crippen molar-refractivity contribution in [3.63, 3.8) is 0 Å². The smallest absolute Gasteiger partial charge is 0.335 e. The number of aromatic carboxylic acids is 1. The molecule has 0 atom stereocenters. The second kappa shape index (κ2) is 3.39. The lowest BCUT2D eigenvalue weighted by Gasteiger charge is -2.08. The van der Waals surface area contributed by atoms with Crippen LogP contribution in [-0.2, 0) is 10.1 Å². The van der Waals surface area contributed by atoms with Crippen LogP contribution < -0.4 is 0 Å². The fourth-order valence-electron chi connectivity index (χ4n) is 1.02. The predicted octanol–water partition coefficient (Wildman–Crippen LogP) is 0.597. The van der Waals surface area contributed by atoms with Gasteiger partial charge >= 0.3 is 5.97 Å². The van der Waals surface area contributed by atoms with Crippen LogP contribution in [0.3, 0.4) is 0 Å². The molecule has 0 saturated heterocycles. The standard InChI is InChI=1S/C8H8O5S/c1-5-2-6(8(9)10)4-7(3-5)14(11,12)13/h2-4H,1H3,(H,9,10)(H,11,12,13)/p-1. The first-order valence-electron chi connectivity index (χ1n) is 3.61. The highest BCUT2D eigenvalue weighted by molar-refractivity contribution is 7.85. The summed E-state index contributed by atoms with van der Waals surface area (Å²) in [5.41, 5.74) is 0.207. The number of hydrogen-bond donors (Lipinski definition) is 1. The SMILES string of the molecule is Cc1cc(C(=O)O)cc(S(=O)(=O)[O-])c1. The van der Waals surface area contributed by atoms with Crippen molar-refractivity contribution in [2.75, 3.05) is 0 Å². The third-order valence-electron chi connectivity index (χ3n) is 1.59. The third-order valence-corrected chi connectivity index (χ3v) is 2.40. The summed E-state index contributed by atoms with van der Waals surface area (Å²) in [6.45, 7) is 1.52. The zero-order valence-corrected chi connectivity index (χ0v) is 8.04. The Morgan fingerprint density at radius 3 is 2.36 bits per heavy atom. The van der Waals surface area contributed by atoms with Crippen molar-refractivity contribution >= 4 is 16.1 Å². The van der Waals surface area contributed by atoms with E-state index < -0.39 is 21.0 Å². The van der Waals surface area contributed by atoms with Crippen molar-refractivity contribution in [3.8, 4) is 0 Å². The molecular formula is C8H7O5S-. The lowest BCUT2D eigenvalue weighted by Crippen LogP contribution is -2.03. The van der Waals surface area contributed by atoms with Gasteiger partial charge in [0, 0.05) is 0 Å². The molecule has 0 radical (unpaired) electrons. The Labute approximate surface area is 80.7 Å². The average molecular weight is 215 g/mol. The van der Waals surface area contributed by atoms with E-state index in [-0.39, 0.29) is 5.56 Å². The van der Waals surface area contributed by atoms with Gasteiger partial charge in [0.2, 0.25) is 0 Å². The molecule has 0 bridgehead atoms. The van der Waals surface area contributed by atoms with Crippen molar-refractivity contribution in [3.05, 3.63) is 29.3 Å². The monoisotopic (exact) mass is 215 g/mol. The summed E-state index contributed by atoms with van der Waals surface area (Å²) in [5.74, 6) is -1.27.